The molecule has 1 fully saturated rings. The second kappa shape index (κ2) is 9.97. The summed E-state index contributed by atoms with van der Waals surface area (Å²) in [6, 6.07) is 15.2. The first kappa shape index (κ1) is 22.0. The Balaban J connectivity index is 1.52. The maximum atomic E-state index is 13.0. The minimum Gasteiger partial charge on any atom is -0.339 e. The van der Waals surface area contributed by atoms with Crippen LogP contribution in [-0.4, -0.2) is 35.7 Å². The van der Waals surface area contributed by atoms with E-state index in [2.05, 4.69) is 10.6 Å². The van der Waals surface area contributed by atoms with Crippen LogP contribution in [0.3, 0.4) is 0 Å². The molecule has 2 N–H and O–H groups in total. The van der Waals surface area contributed by atoms with E-state index in [1.54, 1.807) is 48.5 Å². The zero-order valence-electron chi connectivity index (χ0n) is 17.3. The highest BCUT2D eigenvalue weighted by molar-refractivity contribution is 7.12. The van der Waals surface area contributed by atoms with Gasteiger partial charge in [0.05, 0.1) is 26.8 Å². The summed E-state index contributed by atoms with van der Waals surface area (Å²) in [5, 5.41) is 7.71. The van der Waals surface area contributed by atoms with Gasteiger partial charge in [0.1, 0.15) is 0 Å². The third kappa shape index (κ3) is 5.00. The summed E-state index contributed by atoms with van der Waals surface area (Å²) in [6.07, 6.45) is 3.11. The summed E-state index contributed by atoms with van der Waals surface area (Å²) in [5.74, 6) is -0.773. The number of piperidine rings is 1. The van der Waals surface area contributed by atoms with Crippen molar-refractivity contribution >= 4 is 52.0 Å². The number of carbonyl (C=O) groups excluding carboxylic acids is 3. The first-order valence-electron chi connectivity index (χ1n) is 10.4. The van der Waals surface area contributed by atoms with Gasteiger partial charge in [-0.1, -0.05) is 29.8 Å². The normalized spacial score (nSPS) is 13.5. The highest BCUT2D eigenvalue weighted by Crippen LogP contribution is 2.26. The SMILES string of the molecule is O=C(Nc1ccccc1C(=O)N1CCCCC1)c1ccc(Cl)c(NC(=O)c2cccs2)c1. The Morgan fingerprint density at radius 1 is 0.844 bits per heavy atom. The van der Waals surface area contributed by atoms with E-state index in [-0.39, 0.29) is 11.8 Å². The molecule has 3 aromatic rings. The molecule has 0 atom stereocenters. The minimum atomic E-state index is -0.396. The van der Waals surface area contributed by atoms with Crippen LogP contribution >= 0.6 is 22.9 Å². The summed E-state index contributed by atoms with van der Waals surface area (Å²) in [5.41, 5.74) is 1.57. The number of anilines is 2. The molecule has 6 nitrogen and oxygen atoms in total. The number of hydrogen-bond acceptors (Lipinski definition) is 4. The van der Waals surface area contributed by atoms with Gasteiger partial charge in [-0.25, -0.2) is 0 Å². The van der Waals surface area contributed by atoms with Crippen molar-refractivity contribution < 1.29 is 14.4 Å². The molecule has 8 heteroatoms. The van der Waals surface area contributed by atoms with Gasteiger partial charge in [-0.15, -0.1) is 11.3 Å². The van der Waals surface area contributed by atoms with E-state index in [0.717, 1.165) is 32.4 Å². The van der Waals surface area contributed by atoms with Crippen molar-refractivity contribution in [2.45, 2.75) is 19.3 Å². The number of thiophene rings is 1. The van der Waals surface area contributed by atoms with Crippen LogP contribution in [-0.2, 0) is 0 Å². The predicted octanol–water partition coefficient (Wildman–Crippen LogP) is 5.53. The van der Waals surface area contributed by atoms with Crippen LogP contribution in [0.2, 0.25) is 5.02 Å². The van der Waals surface area contributed by atoms with Gasteiger partial charge in [-0.2, -0.15) is 0 Å². The van der Waals surface area contributed by atoms with Crippen LogP contribution in [0.25, 0.3) is 0 Å². The van der Waals surface area contributed by atoms with E-state index in [1.807, 2.05) is 10.3 Å². The van der Waals surface area contributed by atoms with Gasteiger partial charge in [0.2, 0.25) is 0 Å². The number of para-hydroxylation sites is 1. The van der Waals surface area contributed by atoms with Crippen LogP contribution < -0.4 is 10.6 Å². The van der Waals surface area contributed by atoms with Crippen molar-refractivity contribution in [3.8, 4) is 0 Å². The van der Waals surface area contributed by atoms with Gasteiger partial charge in [0, 0.05) is 18.7 Å². The number of halogens is 1. The van der Waals surface area contributed by atoms with Gasteiger partial charge < -0.3 is 15.5 Å². The maximum Gasteiger partial charge on any atom is 0.265 e. The van der Waals surface area contributed by atoms with Crippen molar-refractivity contribution in [2.75, 3.05) is 23.7 Å². The number of carbonyl (C=O) groups is 3. The van der Waals surface area contributed by atoms with Crippen molar-refractivity contribution in [2.24, 2.45) is 0 Å². The van der Waals surface area contributed by atoms with Crippen LogP contribution in [0.4, 0.5) is 11.4 Å². The Morgan fingerprint density at radius 3 is 2.34 bits per heavy atom. The lowest BCUT2D eigenvalue weighted by atomic mass is 10.1. The number of benzene rings is 2. The minimum absolute atomic E-state index is 0.0828. The Labute approximate surface area is 195 Å². The second-order valence-electron chi connectivity index (χ2n) is 7.48. The van der Waals surface area contributed by atoms with Crippen molar-refractivity contribution in [3.05, 3.63) is 81.0 Å². The van der Waals surface area contributed by atoms with E-state index in [1.165, 1.54) is 17.4 Å². The number of likely N-dealkylation sites (tertiary alicyclic amines) is 1. The molecule has 1 saturated heterocycles. The Bertz CT molecular complexity index is 1140. The molecule has 0 spiro atoms. The number of nitrogens with zero attached hydrogens (tertiary/aromatic N) is 1. The highest BCUT2D eigenvalue weighted by atomic mass is 35.5. The molecule has 2 heterocycles. The Hall–Kier alpha value is -3.16. The molecule has 1 aliphatic heterocycles. The molecule has 164 valence electrons. The number of rotatable bonds is 5. The van der Waals surface area contributed by atoms with Crippen molar-refractivity contribution in [1.29, 1.82) is 0 Å². The molecular formula is C24H22ClN3O3S. The van der Waals surface area contributed by atoms with Gasteiger partial charge >= 0.3 is 0 Å². The van der Waals surface area contributed by atoms with E-state index >= 15 is 0 Å². The van der Waals surface area contributed by atoms with Crippen LogP contribution in [0, 0.1) is 0 Å². The lowest BCUT2D eigenvalue weighted by Gasteiger charge is -2.27. The smallest absolute Gasteiger partial charge is 0.265 e. The van der Waals surface area contributed by atoms with E-state index in [9.17, 15) is 14.4 Å². The maximum absolute atomic E-state index is 13.0. The fourth-order valence-electron chi connectivity index (χ4n) is 3.59. The molecule has 32 heavy (non-hydrogen) atoms. The lowest BCUT2D eigenvalue weighted by Crippen LogP contribution is -2.36. The predicted molar refractivity (Wildman–Crippen MR) is 128 cm³/mol. The van der Waals surface area contributed by atoms with Crippen LogP contribution in [0.1, 0.15) is 49.7 Å². The van der Waals surface area contributed by atoms with E-state index in [0.29, 0.717) is 32.4 Å². The molecule has 1 aromatic heterocycles. The first-order valence-corrected chi connectivity index (χ1v) is 11.6. The summed E-state index contributed by atoms with van der Waals surface area (Å²) < 4.78 is 0. The number of nitrogens with one attached hydrogen (secondary N) is 2. The quantitative estimate of drug-likeness (QED) is 0.517. The van der Waals surface area contributed by atoms with Gasteiger partial charge in [-0.05, 0) is 61.0 Å². The fraction of sp³-hybridized carbons (Fsp3) is 0.208. The molecule has 4 rings (SSSR count). The average Bonchev–Trinajstić information content (AvgIpc) is 3.36. The third-order valence-corrected chi connectivity index (χ3v) is 6.47. The average molecular weight is 468 g/mol. The first-order chi connectivity index (χ1) is 15.5. The van der Waals surface area contributed by atoms with E-state index < -0.39 is 5.91 Å². The van der Waals surface area contributed by atoms with Gasteiger partial charge in [0.25, 0.3) is 17.7 Å². The number of amides is 3. The number of hydrogen-bond donors (Lipinski definition) is 2. The summed E-state index contributed by atoms with van der Waals surface area (Å²) in [6.45, 7) is 1.46. The molecular weight excluding hydrogens is 446 g/mol. The fourth-order valence-corrected chi connectivity index (χ4v) is 4.38. The molecule has 0 unspecified atom stereocenters. The zero-order chi connectivity index (χ0) is 22.5. The van der Waals surface area contributed by atoms with Crippen molar-refractivity contribution in [1.82, 2.24) is 4.90 Å². The van der Waals surface area contributed by atoms with Crippen molar-refractivity contribution in [3.63, 3.8) is 0 Å². The van der Waals surface area contributed by atoms with Crippen LogP contribution in [0.5, 0.6) is 0 Å². The van der Waals surface area contributed by atoms with E-state index in [4.69, 9.17) is 11.6 Å². The third-order valence-electron chi connectivity index (χ3n) is 5.27. The Morgan fingerprint density at radius 2 is 1.59 bits per heavy atom. The second-order valence-corrected chi connectivity index (χ2v) is 8.83. The molecule has 0 bridgehead atoms. The molecule has 1 aliphatic rings. The molecule has 0 saturated carbocycles. The molecule has 0 aliphatic carbocycles. The van der Waals surface area contributed by atoms with Crippen LogP contribution in [0.15, 0.2) is 60.0 Å². The largest absolute Gasteiger partial charge is 0.339 e. The monoisotopic (exact) mass is 467 g/mol. The standard InChI is InChI=1S/C24H22ClN3O3S/c25-18-11-10-16(15-20(18)27-23(30)21-9-6-14-32-21)22(29)26-19-8-3-2-7-17(19)24(31)28-12-4-1-5-13-28/h2-3,6-11,14-15H,1,4-5,12-13H2,(H,26,29)(H,27,30). The molecule has 0 radical (unpaired) electrons. The zero-order valence-corrected chi connectivity index (χ0v) is 18.8. The summed E-state index contributed by atoms with van der Waals surface area (Å²) >= 11 is 7.54. The highest BCUT2D eigenvalue weighted by Gasteiger charge is 2.22. The summed E-state index contributed by atoms with van der Waals surface area (Å²) in [4.78, 5) is 40.7. The van der Waals surface area contributed by atoms with Gasteiger partial charge in [-0.3, -0.25) is 14.4 Å². The molecule has 2 aromatic carbocycles. The Kier molecular flexibility index (Phi) is 6.87. The summed E-state index contributed by atoms with van der Waals surface area (Å²) in [7, 11) is 0. The molecule has 3 amide bonds. The lowest BCUT2D eigenvalue weighted by molar-refractivity contribution is 0.0725. The van der Waals surface area contributed by atoms with Gasteiger partial charge in [0.15, 0.2) is 0 Å². The topological polar surface area (TPSA) is 78.5 Å².